The Balaban J connectivity index is 2.51. The molecule has 17 heavy (non-hydrogen) atoms. The van der Waals surface area contributed by atoms with Crippen LogP contribution in [0, 0.1) is 5.41 Å². The van der Waals surface area contributed by atoms with Crippen LogP contribution in [0.4, 0.5) is 13.2 Å². The fraction of sp³-hybridized carbons (Fsp3) is 0.800. The number of halogens is 3. The molecular formula is C10H14F3NO3. The van der Waals surface area contributed by atoms with Gasteiger partial charge in [0.1, 0.15) is 6.54 Å². The predicted molar refractivity (Wildman–Crippen MR) is 52.2 cm³/mol. The maximum Gasteiger partial charge on any atom is 0.405 e. The van der Waals surface area contributed by atoms with Crippen LogP contribution in [0.25, 0.3) is 0 Å². The minimum absolute atomic E-state index is 0.349. The summed E-state index contributed by atoms with van der Waals surface area (Å²) in [7, 11) is 0. The molecule has 0 aromatic rings. The Morgan fingerprint density at radius 3 is 2.18 bits per heavy atom. The molecule has 98 valence electrons. The lowest BCUT2D eigenvalue weighted by Crippen LogP contribution is -2.39. The third kappa shape index (κ3) is 3.90. The van der Waals surface area contributed by atoms with E-state index in [1.807, 2.05) is 0 Å². The molecule has 0 aromatic carbocycles. The number of carboxylic acids is 1. The van der Waals surface area contributed by atoms with Crippen LogP contribution < -0.4 is 5.32 Å². The van der Waals surface area contributed by atoms with E-state index >= 15 is 0 Å². The highest BCUT2D eigenvalue weighted by atomic mass is 19.4. The van der Waals surface area contributed by atoms with Crippen LogP contribution in [-0.2, 0) is 9.59 Å². The molecule has 1 amide bonds. The summed E-state index contributed by atoms with van der Waals surface area (Å²) in [6.07, 6.45) is -2.76. The number of amides is 1. The first-order valence-electron chi connectivity index (χ1n) is 5.32. The van der Waals surface area contributed by atoms with Crippen LogP contribution in [0.1, 0.15) is 32.1 Å². The summed E-state index contributed by atoms with van der Waals surface area (Å²) in [5, 5.41) is 10.7. The molecule has 1 aliphatic rings. The summed E-state index contributed by atoms with van der Waals surface area (Å²) in [4.78, 5) is 22.3. The number of hydrogen-bond acceptors (Lipinski definition) is 2. The Labute approximate surface area is 96.2 Å². The standard InChI is InChI=1S/C10H14F3NO3/c11-10(12,13)6-14-7(15)5-9(8(16)17)3-1-2-4-9/h1-6H2,(H,14,15)(H,16,17). The molecule has 0 unspecified atom stereocenters. The van der Waals surface area contributed by atoms with Gasteiger partial charge in [0.05, 0.1) is 5.41 Å². The summed E-state index contributed by atoms with van der Waals surface area (Å²) < 4.78 is 35.6. The first-order chi connectivity index (χ1) is 7.75. The molecule has 2 N–H and O–H groups in total. The number of carboxylic acid groups (broad SMARTS) is 1. The van der Waals surface area contributed by atoms with Crippen LogP contribution in [0.3, 0.4) is 0 Å². The highest BCUT2D eigenvalue weighted by Crippen LogP contribution is 2.41. The fourth-order valence-corrected chi connectivity index (χ4v) is 2.09. The zero-order chi connectivity index (χ0) is 13.1. The maximum absolute atomic E-state index is 11.9. The number of nitrogens with one attached hydrogen (secondary N) is 1. The normalized spacial score (nSPS) is 19.0. The van der Waals surface area contributed by atoms with Crippen LogP contribution in [0.2, 0.25) is 0 Å². The van der Waals surface area contributed by atoms with Gasteiger partial charge in [0.15, 0.2) is 0 Å². The fourth-order valence-electron chi connectivity index (χ4n) is 2.09. The van der Waals surface area contributed by atoms with E-state index in [1.54, 1.807) is 5.32 Å². The molecule has 7 heteroatoms. The first-order valence-corrected chi connectivity index (χ1v) is 5.32. The van der Waals surface area contributed by atoms with Gasteiger partial charge in [0.25, 0.3) is 0 Å². The van der Waals surface area contributed by atoms with Crippen molar-refractivity contribution in [3.63, 3.8) is 0 Å². The van der Waals surface area contributed by atoms with Gasteiger partial charge in [0.2, 0.25) is 5.91 Å². The van der Waals surface area contributed by atoms with E-state index in [0.717, 1.165) is 0 Å². The number of rotatable bonds is 4. The Kier molecular flexibility index (Phi) is 4.00. The molecule has 1 saturated carbocycles. The van der Waals surface area contributed by atoms with E-state index < -0.39 is 30.0 Å². The second-order valence-electron chi connectivity index (χ2n) is 4.36. The largest absolute Gasteiger partial charge is 0.481 e. The second-order valence-corrected chi connectivity index (χ2v) is 4.36. The summed E-state index contributed by atoms with van der Waals surface area (Å²) >= 11 is 0. The maximum atomic E-state index is 11.9. The average molecular weight is 253 g/mol. The van der Waals surface area contributed by atoms with Crippen LogP contribution in [-0.4, -0.2) is 29.7 Å². The first kappa shape index (κ1) is 13.8. The molecule has 0 radical (unpaired) electrons. The van der Waals surface area contributed by atoms with Gasteiger partial charge in [-0.2, -0.15) is 13.2 Å². The summed E-state index contributed by atoms with van der Waals surface area (Å²) in [6.45, 7) is -1.42. The number of aliphatic carboxylic acids is 1. The highest BCUT2D eigenvalue weighted by Gasteiger charge is 2.43. The molecule has 4 nitrogen and oxygen atoms in total. The van der Waals surface area contributed by atoms with E-state index in [2.05, 4.69) is 0 Å². The number of hydrogen-bond donors (Lipinski definition) is 2. The molecule has 0 aliphatic heterocycles. The predicted octanol–water partition coefficient (Wildman–Crippen LogP) is 1.70. The Bertz CT molecular complexity index is 308. The lowest BCUT2D eigenvalue weighted by Gasteiger charge is -2.23. The van der Waals surface area contributed by atoms with E-state index in [1.165, 1.54) is 0 Å². The molecule has 0 aromatic heterocycles. The highest BCUT2D eigenvalue weighted by molar-refractivity contribution is 5.85. The minimum atomic E-state index is -4.47. The van der Waals surface area contributed by atoms with Gasteiger partial charge in [-0.3, -0.25) is 9.59 Å². The van der Waals surface area contributed by atoms with Crippen molar-refractivity contribution in [2.24, 2.45) is 5.41 Å². The third-order valence-corrected chi connectivity index (χ3v) is 3.00. The van der Waals surface area contributed by atoms with Crippen molar-refractivity contribution in [2.45, 2.75) is 38.3 Å². The van der Waals surface area contributed by atoms with Gasteiger partial charge in [-0.15, -0.1) is 0 Å². The van der Waals surface area contributed by atoms with E-state index in [9.17, 15) is 22.8 Å². The molecule has 0 spiro atoms. The zero-order valence-electron chi connectivity index (χ0n) is 9.14. The summed E-state index contributed by atoms with van der Waals surface area (Å²) in [5.74, 6) is -1.95. The second kappa shape index (κ2) is 4.93. The number of alkyl halides is 3. The average Bonchev–Trinajstić information content (AvgIpc) is 2.63. The van der Waals surface area contributed by atoms with Gasteiger partial charge < -0.3 is 10.4 Å². The van der Waals surface area contributed by atoms with Gasteiger partial charge in [-0.05, 0) is 12.8 Å². The number of carbonyl (C=O) groups is 2. The topological polar surface area (TPSA) is 66.4 Å². The molecule has 1 rings (SSSR count). The van der Waals surface area contributed by atoms with Crippen LogP contribution in [0.5, 0.6) is 0 Å². The van der Waals surface area contributed by atoms with Gasteiger partial charge in [0, 0.05) is 6.42 Å². The lowest BCUT2D eigenvalue weighted by molar-refractivity contribution is -0.152. The quantitative estimate of drug-likeness (QED) is 0.801. The zero-order valence-corrected chi connectivity index (χ0v) is 9.14. The van der Waals surface area contributed by atoms with Crippen LogP contribution in [0.15, 0.2) is 0 Å². The SMILES string of the molecule is O=C(CC1(C(=O)O)CCCC1)NCC(F)(F)F. The van der Waals surface area contributed by atoms with Crippen LogP contribution >= 0.6 is 0 Å². The molecule has 0 saturated heterocycles. The number of carbonyl (C=O) groups excluding carboxylic acids is 1. The van der Waals surface area contributed by atoms with E-state index in [-0.39, 0.29) is 6.42 Å². The monoisotopic (exact) mass is 253 g/mol. The molecule has 1 aliphatic carbocycles. The van der Waals surface area contributed by atoms with Gasteiger partial charge >= 0.3 is 12.1 Å². The van der Waals surface area contributed by atoms with Crippen molar-refractivity contribution in [2.75, 3.05) is 6.54 Å². The summed E-state index contributed by atoms with van der Waals surface area (Å²) in [6, 6.07) is 0. The van der Waals surface area contributed by atoms with Crippen molar-refractivity contribution in [1.29, 1.82) is 0 Å². The minimum Gasteiger partial charge on any atom is -0.481 e. The van der Waals surface area contributed by atoms with Crippen molar-refractivity contribution in [1.82, 2.24) is 5.32 Å². The Morgan fingerprint density at radius 1 is 1.24 bits per heavy atom. The molecule has 1 fully saturated rings. The van der Waals surface area contributed by atoms with E-state index in [4.69, 9.17) is 5.11 Å². The van der Waals surface area contributed by atoms with E-state index in [0.29, 0.717) is 25.7 Å². The van der Waals surface area contributed by atoms with Crippen molar-refractivity contribution >= 4 is 11.9 Å². The third-order valence-electron chi connectivity index (χ3n) is 3.00. The molecular weight excluding hydrogens is 239 g/mol. The summed E-state index contributed by atoms with van der Waals surface area (Å²) in [5.41, 5.74) is -1.17. The lowest BCUT2D eigenvalue weighted by atomic mass is 9.82. The van der Waals surface area contributed by atoms with Crippen molar-refractivity contribution in [3.8, 4) is 0 Å². The van der Waals surface area contributed by atoms with Gasteiger partial charge in [-0.25, -0.2) is 0 Å². The molecule has 0 bridgehead atoms. The van der Waals surface area contributed by atoms with Crippen molar-refractivity contribution in [3.05, 3.63) is 0 Å². The smallest absolute Gasteiger partial charge is 0.405 e. The Morgan fingerprint density at radius 2 is 1.76 bits per heavy atom. The molecule has 0 atom stereocenters. The van der Waals surface area contributed by atoms with Crippen molar-refractivity contribution < 1.29 is 27.9 Å². The van der Waals surface area contributed by atoms with Gasteiger partial charge in [-0.1, -0.05) is 12.8 Å². The molecule has 0 heterocycles. The Hall–Kier alpha value is -1.27.